The third-order valence-electron chi connectivity index (χ3n) is 2.25. The Morgan fingerprint density at radius 2 is 1.83 bits per heavy atom. The van der Waals surface area contributed by atoms with Gasteiger partial charge in [0.25, 0.3) is 9.84 Å². The summed E-state index contributed by atoms with van der Waals surface area (Å²) in [4.78, 5) is 10.1. The highest BCUT2D eigenvalue weighted by atomic mass is 32.2. The second-order valence-corrected chi connectivity index (χ2v) is 6.10. The van der Waals surface area contributed by atoms with Gasteiger partial charge in [0.05, 0.1) is 9.82 Å². The van der Waals surface area contributed by atoms with Gasteiger partial charge >= 0.3 is 5.12 Å². The molecular formula is C10H13FN2O4S. The molecule has 0 aliphatic rings. The number of hydrogen-bond donors (Lipinski definition) is 0. The van der Waals surface area contributed by atoms with E-state index in [9.17, 15) is 22.9 Å². The fraction of sp³-hybridized carbons (Fsp3) is 0.400. The molecule has 0 unspecified atom stereocenters. The second-order valence-electron chi connectivity index (χ2n) is 4.00. The van der Waals surface area contributed by atoms with Crippen LogP contribution in [0.2, 0.25) is 0 Å². The largest absolute Gasteiger partial charge is 0.475 e. The normalized spacial score (nSPS) is 15.3. The SMILES string of the molecule is CN(C)C[C@@](F)([N+](=O)[O-])S(=O)(=O)c1ccccc1. The van der Waals surface area contributed by atoms with Gasteiger partial charge in [0, 0.05) is 0 Å². The third-order valence-corrected chi connectivity index (χ3v) is 4.24. The molecule has 0 saturated heterocycles. The van der Waals surface area contributed by atoms with Crippen LogP contribution >= 0.6 is 0 Å². The summed E-state index contributed by atoms with van der Waals surface area (Å²) in [7, 11) is -1.98. The Kier molecular flexibility index (Phi) is 4.02. The van der Waals surface area contributed by atoms with Crippen molar-refractivity contribution in [2.45, 2.75) is 10.0 Å². The van der Waals surface area contributed by atoms with Gasteiger partial charge in [-0.25, -0.2) is 8.42 Å². The molecule has 1 aromatic rings. The number of benzene rings is 1. The smallest absolute Gasteiger partial charge is 0.299 e. The van der Waals surface area contributed by atoms with Crippen molar-refractivity contribution in [1.29, 1.82) is 0 Å². The van der Waals surface area contributed by atoms with Gasteiger partial charge in [-0.15, -0.1) is 4.39 Å². The van der Waals surface area contributed by atoms with E-state index in [0.29, 0.717) is 0 Å². The maximum Gasteiger partial charge on any atom is 0.475 e. The van der Waals surface area contributed by atoms with Crippen LogP contribution in [0.5, 0.6) is 0 Å². The lowest BCUT2D eigenvalue weighted by Crippen LogP contribution is -2.49. The van der Waals surface area contributed by atoms with Crippen LogP contribution in [0.4, 0.5) is 4.39 Å². The summed E-state index contributed by atoms with van der Waals surface area (Å²) in [5, 5.41) is 7.24. The molecule has 0 bridgehead atoms. The Labute approximate surface area is 104 Å². The van der Waals surface area contributed by atoms with Gasteiger partial charge in [0.2, 0.25) is 0 Å². The van der Waals surface area contributed by atoms with Crippen LogP contribution in [-0.4, -0.2) is 44.0 Å². The predicted octanol–water partition coefficient (Wildman–Crippen LogP) is 0.922. The van der Waals surface area contributed by atoms with E-state index < -0.39 is 31.3 Å². The van der Waals surface area contributed by atoms with Gasteiger partial charge in [-0.1, -0.05) is 18.2 Å². The standard InChI is InChI=1S/C10H13FN2O4S/c1-12(2)8-10(11,13(14)15)18(16,17)9-6-4-3-5-7-9/h3-7H,8H2,1-2H3/t10-/m1/s1. The van der Waals surface area contributed by atoms with Crippen molar-refractivity contribution in [2.75, 3.05) is 20.6 Å². The highest BCUT2D eigenvalue weighted by Gasteiger charge is 2.58. The molecule has 1 rings (SSSR count). The van der Waals surface area contributed by atoms with Crippen LogP contribution in [-0.2, 0) is 9.84 Å². The summed E-state index contributed by atoms with van der Waals surface area (Å²) in [5.74, 6) is 0. The maximum absolute atomic E-state index is 14.3. The van der Waals surface area contributed by atoms with Gasteiger partial charge in [0.15, 0.2) is 0 Å². The molecule has 100 valence electrons. The molecule has 8 heteroatoms. The maximum atomic E-state index is 14.3. The highest BCUT2D eigenvalue weighted by molar-refractivity contribution is 7.92. The van der Waals surface area contributed by atoms with Crippen LogP contribution in [0.25, 0.3) is 0 Å². The molecule has 0 spiro atoms. The van der Waals surface area contributed by atoms with E-state index in [2.05, 4.69) is 0 Å². The minimum absolute atomic E-state index is 0.411. The molecule has 1 aromatic carbocycles. The van der Waals surface area contributed by atoms with Crippen LogP contribution in [0.1, 0.15) is 0 Å². The Balaban J connectivity index is 3.35. The number of nitrogens with zero attached hydrogens (tertiary/aromatic N) is 2. The number of hydrogen-bond acceptors (Lipinski definition) is 5. The Morgan fingerprint density at radius 3 is 2.22 bits per heavy atom. The minimum Gasteiger partial charge on any atom is -0.299 e. The molecule has 0 heterocycles. The number of halogens is 1. The van der Waals surface area contributed by atoms with E-state index in [-0.39, 0.29) is 0 Å². The first-order valence-electron chi connectivity index (χ1n) is 4.99. The Bertz CT molecular complexity index is 532. The van der Waals surface area contributed by atoms with Crippen LogP contribution in [0.3, 0.4) is 0 Å². The third kappa shape index (κ3) is 2.49. The monoisotopic (exact) mass is 276 g/mol. The molecule has 0 N–H and O–H groups in total. The van der Waals surface area contributed by atoms with E-state index in [1.807, 2.05) is 0 Å². The van der Waals surface area contributed by atoms with E-state index in [0.717, 1.165) is 17.0 Å². The lowest BCUT2D eigenvalue weighted by atomic mass is 10.4. The summed E-state index contributed by atoms with van der Waals surface area (Å²) >= 11 is 0. The van der Waals surface area contributed by atoms with Gasteiger partial charge in [-0.2, -0.15) is 0 Å². The van der Waals surface area contributed by atoms with Crippen molar-refractivity contribution in [1.82, 2.24) is 4.90 Å². The van der Waals surface area contributed by atoms with Crippen LogP contribution in [0, 0.1) is 10.1 Å². The first kappa shape index (κ1) is 14.5. The van der Waals surface area contributed by atoms with Crippen LogP contribution < -0.4 is 0 Å². The van der Waals surface area contributed by atoms with Gasteiger partial charge in [0.1, 0.15) is 6.54 Å². The highest BCUT2D eigenvalue weighted by Crippen LogP contribution is 2.28. The van der Waals surface area contributed by atoms with Crippen molar-refractivity contribution < 1.29 is 17.7 Å². The molecule has 6 nitrogen and oxygen atoms in total. The molecular weight excluding hydrogens is 263 g/mol. The average Bonchev–Trinajstić information content (AvgIpc) is 2.28. The fourth-order valence-electron chi connectivity index (χ4n) is 1.41. The zero-order chi connectivity index (χ0) is 14.0. The lowest BCUT2D eigenvalue weighted by Gasteiger charge is -2.20. The number of nitro groups is 1. The van der Waals surface area contributed by atoms with Gasteiger partial charge in [-0.3, -0.25) is 15.0 Å². The van der Waals surface area contributed by atoms with E-state index in [1.54, 1.807) is 0 Å². The van der Waals surface area contributed by atoms with Crippen molar-refractivity contribution >= 4 is 9.84 Å². The van der Waals surface area contributed by atoms with E-state index in [1.165, 1.54) is 32.3 Å². The summed E-state index contributed by atoms with van der Waals surface area (Å²) in [6, 6.07) is 6.55. The number of likely N-dealkylation sites (N-methyl/N-ethyl adjacent to an activating group) is 1. The molecule has 0 aliphatic heterocycles. The van der Waals surface area contributed by atoms with Crippen molar-refractivity contribution in [3.63, 3.8) is 0 Å². The summed E-state index contributed by atoms with van der Waals surface area (Å²) in [6.07, 6.45) is 0. The molecule has 0 aliphatic carbocycles. The first-order valence-corrected chi connectivity index (χ1v) is 6.48. The first-order chi connectivity index (χ1) is 8.22. The number of rotatable bonds is 5. The van der Waals surface area contributed by atoms with Crippen LogP contribution in [0.15, 0.2) is 35.2 Å². The van der Waals surface area contributed by atoms with E-state index >= 15 is 0 Å². The Hall–Kier alpha value is -1.54. The second kappa shape index (κ2) is 4.99. The van der Waals surface area contributed by atoms with Crippen molar-refractivity contribution in [2.24, 2.45) is 0 Å². The zero-order valence-electron chi connectivity index (χ0n) is 9.91. The van der Waals surface area contributed by atoms with E-state index in [4.69, 9.17) is 0 Å². The molecule has 18 heavy (non-hydrogen) atoms. The topological polar surface area (TPSA) is 80.5 Å². The molecule has 0 radical (unpaired) electrons. The summed E-state index contributed by atoms with van der Waals surface area (Å²) in [5.41, 5.74) is 0. The minimum atomic E-state index is -4.70. The number of alkyl halides is 1. The average molecular weight is 276 g/mol. The zero-order valence-corrected chi connectivity index (χ0v) is 10.7. The fourth-order valence-corrected chi connectivity index (χ4v) is 2.91. The van der Waals surface area contributed by atoms with Gasteiger partial charge in [-0.05, 0) is 26.2 Å². The number of sulfone groups is 1. The lowest BCUT2D eigenvalue weighted by molar-refractivity contribution is -0.573. The molecule has 0 fully saturated rings. The van der Waals surface area contributed by atoms with Crippen molar-refractivity contribution in [3.05, 3.63) is 40.4 Å². The summed E-state index contributed by atoms with van der Waals surface area (Å²) < 4.78 is 38.3. The quantitative estimate of drug-likeness (QED) is 0.454. The molecule has 0 amide bonds. The Morgan fingerprint density at radius 1 is 1.33 bits per heavy atom. The molecule has 0 aromatic heterocycles. The van der Waals surface area contributed by atoms with Crippen molar-refractivity contribution in [3.8, 4) is 0 Å². The predicted molar refractivity (Wildman–Crippen MR) is 63.0 cm³/mol. The summed E-state index contributed by atoms with van der Waals surface area (Å²) in [6.45, 7) is -0.850. The molecule has 1 atom stereocenters. The molecule has 0 saturated carbocycles. The van der Waals surface area contributed by atoms with Gasteiger partial charge < -0.3 is 0 Å².